The van der Waals surface area contributed by atoms with Crippen molar-refractivity contribution < 1.29 is 4.79 Å². The summed E-state index contributed by atoms with van der Waals surface area (Å²) in [6, 6.07) is 0.219. The van der Waals surface area contributed by atoms with Crippen LogP contribution in [0.2, 0.25) is 0 Å². The number of hydrogen-bond acceptors (Lipinski definition) is 2. The Balaban J connectivity index is 1.59. The Hall–Kier alpha value is -1.02. The van der Waals surface area contributed by atoms with Gasteiger partial charge in [0.15, 0.2) is 0 Å². The van der Waals surface area contributed by atoms with Crippen molar-refractivity contribution >= 4 is 5.78 Å². The number of azide groups is 1. The Morgan fingerprint density at radius 1 is 1.09 bits per heavy atom. The molecular formula is C19H29N3O. The third kappa shape index (κ3) is 2.10. The predicted octanol–water partition coefficient (Wildman–Crippen LogP) is 5.28. The van der Waals surface area contributed by atoms with Crippen LogP contribution in [0, 0.1) is 34.5 Å². The monoisotopic (exact) mass is 315 g/mol. The molecule has 0 N–H and O–H groups in total. The van der Waals surface area contributed by atoms with Gasteiger partial charge in [0, 0.05) is 22.8 Å². The molecule has 0 saturated heterocycles. The molecule has 4 rings (SSSR count). The molecule has 0 amide bonds. The number of hydrogen-bond donors (Lipinski definition) is 0. The van der Waals surface area contributed by atoms with Crippen molar-refractivity contribution in [2.24, 2.45) is 39.6 Å². The Morgan fingerprint density at radius 3 is 2.70 bits per heavy atom. The van der Waals surface area contributed by atoms with Gasteiger partial charge in [-0.1, -0.05) is 19.0 Å². The van der Waals surface area contributed by atoms with Crippen LogP contribution in [-0.2, 0) is 4.79 Å². The van der Waals surface area contributed by atoms with Crippen LogP contribution in [-0.4, -0.2) is 11.8 Å². The van der Waals surface area contributed by atoms with Gasteiger partial charge in [-0.2, -0.15) is 0 Å². The fourth-order valence-corrected chi connectivity index (χ4v) is 7.18. The second-order valence-corrected chi connectivity index (χ2v) is 9.21. The number of nitrogens with zero attached hydrogens (tertiary/aromatic N) is 3. The molecule has 4 aliphatic carbocycles. The molecule has 4 heteroatoms. The molecule has 0 spiro atoms. The van der Waals surface area contributed by atoms with Crippen LogP contribution in [0.1, 0.15) is 71.6 Å². The topological polar surface area (TPSA) is 65.8 Å². The molecule has 0 aromatic rings. The first kappa shape index (κ1) is 15.5. The quantitative estimate of drug-likeness (QED) is 0.369. The second kappa shape index (κ2) is 5.24. The van der Waals surface area contributed by atoms with E-state index < -0.39 is 0 Å². The zero-order valence-corrected chi connectivity index (χ0v) is 14.5. The van der Waals surface area contributed by atoms with Gasteiger partial charge in [0.25, 0.3) is 0 Å². The van der Waals surface area contributed by atoms with Gasteiger partial charge in [-0.15, -0.1) is 0 Å². The van der Waals surface area contributed by atoms with Gasteiger partial charge >= 0.3 is 0 Å². The molecule has 0 aromatic carbocycles. The van der Waals surface area contributed by atoms with Crippen LogP contribution in [0.3, 0.4) is 0 Å². The summed E-state index contributed by atoms with van der Waals surface area (Å²) in [7, 11) is 0. The highest BCUT2D eigenvalue weighted by Gasteiger charge is 2.60. The van der Waals surface area contributed by atoms with Crippen molar-refractivity contribution in [2.45, 2.75) is 77.7 Å². The van der Waals surface area contributed by atoms with Crippen molar-refractivity contribution in [1.82, 2.24) is 0 Å². The molecule has 0 unspecified atom stereocenters. The summed E-state index contributed by atoms with van der Waals surface area (Å²) in [5, 5.41) is 4.02. The molecule has 7 atom stereocenters. The van der Waals surface area contributed by atoms with Gasteiger partial charge in [-0.05, 0) is 86.0 Å². The standard InChI is InChI=1S/C19H29N3O/c1-18-9-7-13(21-22-20)11-12(18)3-4-14-15-5-6-17(23)19(15,2)10-8-16(14)18/h12-16H,3-11H2,1-2H3/t12-,13+,14+,15+,16-,18-,19-/m0/s1. The van der Waals surface area contributed by atoms with E-state index >= 15 is 0 Å². The number of fused-ring (bicyclic) bond motifs is 5. The second-order valence-electron chi connectivity index (χ2n) is 9.21. The first-order valence-electron chi connectivity index (χ1n) is 9.56. The first-order chi connectivity index (χ1) is 11.0. The third-order valence-electron chi connectivity index (χ3n) is 8.56. The number of Topliss-reactive ketones (excluding diaryl/α,β-unsaturated/α-hetero) is 1. The van der Waals surface area contributed by atoms with E-state index in [1.165, 1.54) is 25.7 Å². The van der Waals surface area contributed by atoms with Crippen LogP contribution in [0.25, 0.3) is 10.4 Å². The van der Waals surface area contributed by atoms with Crippen molar-refractivity contribution in [2.75, 3.05) is 0 Å². The first-order valence-corrected chi connectivity index (χ1v) is 9.56. The maximum absolute atomic E-state index is 12.4. The summed E-state index contributed by atoms with van der Waals surface area (Å²) in [4.78, 5) is 15.5. The van der Waals surface area contributed by atoms with E-state index in [0.29, 0.717) is 17.1 Å². The summed E-state index contributed by atoms with van der Waals surface area (Å²) < 4.78 is 0. The van der Waals surface area contributed by atoms with Gasteiger partial charge < -0.3 is 0 Å². The van der Waals surface area contributed by atoms with E-state index in [4.69, 9.17) is 5.53 Å². The minimum atomic E-state index is -0.00727. The normalized spacial score (nSPS) is 52.1. The van der Waals surface area contributed by atoms with E-state index in [0.717, 1.165) is 49.9 Å². The average molecular weight is 315 g/mol. The highest BCUT2D eigenvalue weighted by Crippen LogP contribution is 2.65. The summed E-state index contributed by atoms with van der Waals surface area (Å²) in [6.07, 6.45) is 10.2. The van der Waals surface area contributed by atoms with Crippen LogP contribution in [0.15, 0.2) is 5.11 Å². The van der Waals surface area contributed by atoms with Crippen LogP contribution >= 0.6 is 0 Å². The molecule has 0 aliphatic heterocycles. The lowest BCUT2D eigenvalue weighted by Crippen LogP contribution is -2.53. The van der Waals surface area contributed by atoms with Gasteiger partial charge in [0.05, 0.1) is 0 Å². The van der Waals surface area contributed by atoms with Crippen LogP contribution in [0.4, 0.5) is 0 Å². The minimum Gasteiger partial charge on any atom is -0.299 e. The SMILES string of the molecule is C[C@]12CC[C@@H](N=[N+]=[N-])C[C@@H]1CC[C@@H]1[C@H]3CCC(=O)[C@@]3(C)CC[C@@H]12. The smallest absolute Gasteiger partial charge is 0.139 e. The van der Waals surface area contributed by atoms with Crippen LogP contribution < -0.4 is 0 Å². The van der Waals surface area contributed by atoms with Gasteiger partial charge in [0.2, 0.25) is 0 Å². The van der Waals surface area contributed by atoms with Crippen molar-refractivity contribution in [1.29, 1.82) is 0 Å². The van der Waals surface area contributed by atoms with Gasteiger partial charge in [0.1, 0.15) is 5.78 Å². The Labute approximate surface area is 139 Å². The highest BCUT2D eigenvalue weighted by molar-refractivity contribution is 5.87. The van der Waals surface area contributed by atoms with Gasteiger partial charge in [-0.25, -0.2) is 0 Å². The number of carbonyl (C=O) groups excluding carboxylic acids is 1. The van der Waals surface area contributed by atoms with E-state index in [-0.39, 0.29) is 11.5 Å². The summed E-state index contributed by atoms with van der Waals surface area (Å²) in [5.74, 6) is 3.45. The predicted molar refractivity (Wildman–Crippen MR) is 89.7 cm³/mol. The van der Waals surface area contributed by atoms with Crippen molar-refractivity contribution in [3.05, 3.63) is 10.4 Å². The van der Waals surface area contributed by atoms with Crippen LogP contribution in [0.5, 0.6) is 0 Å². The fourth-order valence-electron chi connectivity index (χ4n) is 7.18. The summed E-state index contributed by atoms with van der Waals surface area (Å²) >= 11 is 0. The lowest BCUT2D eigenvalue weighted by Gasteiger charge is -2.60. The Morgan fingerprint density at radius 2 is 1.91 bits per heavy atom. The molecular weight excluding hydrogens is 286 g/mol. The molecule has 4 saturated carbocycles. The highest BCUT2D eigenvalue weighted by atomic mass is 16.1. The lowest BCUT2D eigenvalue weighted by atomic mass is 9.45. The average Bonchev–Trinajstić information content (AvgIpc) is 2.84. The lowest BCUT2D eigenvalue weighted by molar-refractivity contribution is -0.139. The van der Waals surface area contributed by atoms with E-state index in [1.54, 1.807) is 0 Å². The van der Waals surface area contributed by atoms with E-state index in [2.05, 4.69) is 23.9 Å². The third-order valence-corrected chi connectivity index (χ3v) is 8.56. The Kier molecular flexibility index (Phi) is 3.53. The van der Waals surface area contributed by atoms with Crippen molar-refractivity contribution in [3.8, 4) is 0 Å². The molecule has 4 nitrogen and oxygen atoms in total. The van der Waals surface area contributed by atoms with Gasteiger partial charge in [-0.3, -0.25) is 4.79 Å². The molecule has 0 radical (unpaired) electrons. The number of ketones is 1. The molecule has 23 heavy (non-hydrogen) atoms. The summed E-state index contributed by atoms with van der Waals surface area (Å²) in [6.45, 7) is 4.77. The zero-order valence-electron chi connectivity index (χ0n) is 14.5. The van der Waals surface area contributed by atoms with E-state index in [9.17, 15) is 4.79 Å². The van der Waals surface area contributed by atoms with Crippen molar-refractivity contribution in [3.63, 3.8) is 0 Å². The number of carbonyl (C=O) groups is 1. The fraction of sp³-hybridized carbons (Fsp3) is 0.947. The maximum atomic E-state index is 12.4. The largest absolute Gasteiger partial charge is 0.299 e. The Bertz CT molecular complexity index is 569. The number of rotatable bonds is 1. The molecule has 126 valence electrons. The zero-order chi connectivity index (χ0) is 16.2. The van der Waals surface area contributed by atoms with E-state index in [1.807, 2.05) is 0 Å². The maximum Gasteiger partial charge on any atom is 0.139 e. The molecule has 4 fully saturated rings. The summed E-state index contributed by atoms with van der Waals surface area (Å²) in [5.41, 5.74) is 9.16. The molecule has 4 aliphatic rings. The molecule has 0 aromatic heterocycles. The molecule has 0 bridgehead atoms. The molecule has 0 heterocycles. The minimum absolute atomic E-state index is 0.00727.